The van der Waals surface area contributed by atoms with Gasteiger partial charge in [-0.2, -0.15) is 0 Å². The number of amides is 1. The number of aliphatic imine (C=N–C) groups is 1. The summed E-state index contributed by atoms with van der Waals surface area (Å²) in [7, 11) is 0. The van der Waals surface area contributed by atoms with E-state index >= 15 is 0 Å². The van der Waals surface area contributed by atoms with Crippen LogP contribution in [-0.4, -0.2) is 16.8 Å². The van der Waals surface area contributed by atoms with Crippen molar-refractivity contribution in [1.82, 2.24) is 5.32 Å². The minimum atomic E-state index is -0.157. The molecule has 0 fully saturated rings. The monoisotopic (exact) mass is 266 g/mol. The Kier molecular flexibility index (Phi) is 3.86. The van der Waals surface area contributed by atoms with Crippen molar-refractivity contribution in [2.75, 3.05) is 5.75 Å². The van der Waals surface area contributed by atoms with Crippen LogP contribution in [0.3, 0.4) is 0 Å². The van der Waals surface area contributed by atoms with Crippen LogP contribution in [-0.2, 0) is 4.79 Å². The van der Waals surface area contributed by atoms with E-state index in [-0.39, 0.29) is 5.91 Å². The smallest absolute Gasteiger partial charge is 0.275 e. The van der Waals surface area contributed by atoms with Gasteiger partial charge in [-0.15, -0.1) is 0 Å². The van der Waals surface area contributed by atoms with Crippen LogP contribution < -0.4 is 5.32 Å². The highest BCUT2D eigenvalue weighted by Gasteiger charge is 2.19. The number of benzene rings is 1. The highest BCUT2D eigenvalue weighted by Crippen LogP contribution is 2.17. The number of carbonyl (C=O) groups is 1. The summed E-state index contributed by atoms with van der Waals surface area (Å²) >= 11 is 7.31. The standard InChI is InChI=1S/C12H11ClN2OS/c1-2-17-12-14-10(11(16)15-12)7-8-3-5-9(13)6-4-8/h3-7H,2H2,1H3,(H,14,15,16)/b10-7+. The van der Waals surface area contributed by atoms with Gasteiger partial charge in [0.25, 0.3) is 5.91 Å². The molecule has 0 saturated carbocycles. The Morgan fingerprint density at radius 2 is 2.12 bits per heavy atom. The molecule has 0 unspecified atom stereocenters. The van der Waals surface area contributed by atoms with E-state index in [2.05, 4.69) is 10.3 Å². The molecule has 0 bridgehead atoms. The summed E-state index contributed by atoms with van der Waals surface area (Å²) in [5, 5.41) is 4.06. The van der Waals surface area contributed by atoms with Crippen molar-refractivity contribution in [1.29, 1.82) is 0 Å². The lowest BCUT2D eigenvalue weighted by Crippen LogP contribution is -2.21. The number of amidine groups is 1. The average Bonchev–Trinajstić information content (AvgIpc) is 2.63. The molecule has 0 radical (unpaired) electrons. The van der Waals surface area contributed by atoms with Crippen LogP contribution in [0.2, 0.25) is 5.02 Å². The minimum absolute atomic E-state index is 0.157. The van der Waals surface area contributed by atoms with Crippen LogP contribution in [0.1, 0.15) is 12.5 Å². The van der Waals surface area contributed by atoms with E-state index in [1.165, 1.54) is 11.8 Å². The highest BCUT2D eigenvalue weighted by molar-refractivity contribution is 8.13. The Morgan fingerprint density at radius 1 is 1.41 bits per heavy atom. The van der Waals surface area contributed by atoms with Crippen LogP contribution in [0.4, 0.5) is 0 Å². The number of carbonyl (C=O) groups excluding carboxylic acids is 1. The van der Waals surface area contributed by atoms with Crippen molar-refractivity contribution < 1.29 is 4.79 Å². The molecular weight excluding hydrogens is 256 g/mol. The first-order valence-corrected chi connectivity index (χ1v) is 6.55. The van der Waals surface area contributed by atoms with Crippen molar-refractivity contribution in [3.8, 4) is 0 Å². The van der Waals surface area contributed by atoms with Gasteiger partial charge in [0.05, 0.1) is 0 Å². The third kappa shape index (κ3) is 3.11. The summed E-state index contributed by atoms with van der Waals surface area (Å²) in [4.78, 5) is 15.8. The van der Waals surface area contributed by atoms with Gasteiger partial charge in [-0.25, -0.2) is 4.99 Å². The van der Waals surface area contributed by atoms with E-state index in [1.54, 1.807) is 18.2 Å². The highest BCUT2D eigenvalue weighted by atomic mass is 35.5. The fourth-order valence-corrected chi connectivity index (χ4v) is 2.10. The molecule has 5 heteroatoms. The van der Waals surface area contributed by atoms with Crippen LogP contribution in [0.15, 0.2) is 35.0 Å². The van der Waals surface area contributed by atoms with Gasteiger partial charge in [0.15, 0.2) is 5.17 Å². The maximum Gasteiger partial charge on any atom is 0.275 e. The molecule has 88 valence electrons. The maximum absolute atomic E-state index is 11.6. The van der Waals surface area contributed by atoms with Crippen molar-refractivity contribution in [2.24, 2.45) is 4.99 Å². The van der Waals surface area contributed by atoms with E-state index in [1.807, 2.05) is 19.1 Å². The lowest BCUT2D eigenvalue weighted by atomic mass is 10.2. The second-order valence-electron chi connectivity index (χ2n) is 3.39. The van der Waals surface area contributed by atoms with Gasteiger partial charge in [0.1, 0.15) is 5.70 Å². The van der Waals surface area contributed by atoms with Gasteiger partial charge in [-0.3, -0.25) is 10.1 Å². The zero-order valence-electron chi connectivity index (χ0n) is 9.24. The maximum atomic E-state index is 11.6. The number of hydrogen-bond donors (Lipinski definition) is 1. The first-order chi connectivity index (χ1) is 8.19. The second kappa shape index (κ2) is 5.38. The Balaban J connectivity index is 2.22. The summed E-state index contributed by atoms with van der Waals surface area (Å²) in [6, 6.07) is 7.27. The normalized spacial score (nSPS) is 17.2. The first-order valence-electron chi connectivity index (χ1n) is 5.19. The summed E-state index contributed by atoms with van der Waals surface area (Å²) in [6.45, 7) is 2.01. The molecular formula is C12H11ClN2OS. The quantitative estimate of drug-likeness (QED) is 0.837. The zero-order valence-corrected chi connectivity index (χ0v) is 10.8. The second-order valence-corrected chi connectivity index (χ2v) is 5.07. The van der Waals surface area contributed by atoms with Gasteiger partial charge in [0.2, 0.25) is 0 Å². The summed E-state index contributed by atoms with van der Waals surface area (Å²) in [6.07, 6.45) is 1.74. The molecule has 1 aliphatic rings. The van der Waals surface area contributed by atoms with Crippen LogP contribution >= 0.6 is 23.4 Å². The fraction of sp³-hybridized carbons (Fsp3) is 0.167. The molecule has 1 N–H and O–H groups in total. The number of thioether (sulfide) groups is 1. The van der Waals surface area contributed by atoms with E-state index in [4.69, 9.17) is 11.6 Å². The topological polar surface area (TPSA) is 41.5 Å². The number of hydrogen-bond acceptors (Lipinski definition) is 3. The van der Waals surface area contributed by atoms with Gasteiger partial charge in [-0.1, -0.05) is 42.4 Å². The Labute approximate surface area is 109 Å². The minimum Gasteiger partial charge on any atom is -0.300 e. The molecule has 0 aliphatic carbocycles. The molecule has 0 aromatic heterocycles. The predicted molar refractivity (Wildman–Crippen MR) is 73.1 cm³/mol. The molecule has 1 aliphatic heterocycles. The van der Waals surface area contributed by atoms with Gasteiger partial charge >= 0.3 is 0 Å². The summed E-state index contributed by atoms with van der Waals surface area (Å²) in [5.41, 5.74) is 1.34. The molecule has 0 saturated heterocycles. The van der Waals surface area contributed by atoms with Crippen molar-refractivity contribution in [3.63, 3.8) is 0 Å². The number of nitrogens with zero attached hydrogens (tertiary/aromatic N) is 1. The molecule has 1 amide bonds. The van der Waals surface area contributed by atoms with Gasteiger partial charge < -0.3 is 0 Å². The molecule has 2 rings (SSSR count). The number of nitrogens with one attached hydrogen (secondary N) is 1. The van der Waals surface area contributed by atoms with Crippen LogP contribution in [0, 0.1) is 0 Å². The fourth-order valence-electron chi connectivity index (χ4n) is 1.37. The van der Waals surface area contributed by atoms with E-state index in [0.29, 0.717) is 15.9 Å². The molecule has 0 atom stereocenters. The van der Waals surface area contributed by atoms with Crippen molar-refractivity contribution in [3.05, 3.63) is 40.5 Å². The molecule has 3 nitrogen and oxygen atoms in total. The first kappa shape index (κ1) is 12.2. The average molecular weight is 267 g/mol. The lowest BCUT2D eigenvalue weighted by molar-refractivity contribution is -0.115. The van der Waals surface area contributed by atoms with Crippen molar-refractivity contribution >= 4 is 40.5 Å². The third-order valence-electron chi connectivity index (χ3n) is 2.13. The molecule has 1 heterocycles. The molecule has 1 aromatic carbocycles. The lowest BCUT2D eigenvalue weighted by Gasteiger charge is -1.95. The van der Waals surface area contributed by atoms with Crippen LogP contribution in [0.25, 0.3) is 6.08 Å². The molecule has 17 heavy (non-hydrogen) atoms. The number of halogens is 1. The van der Waals surface area contributed by atoms with E-state index in [9.17, 15) is 4.79 Å². The Bertz CT molecular complexity index is 494. The summed E-state index contributed by atoms with van der Waals surface area (Å²) in [5.74, 6) is 0.726. The molecule has 1 aromatic rings. The summed E-state index contributed by atoms with van der Waals surface area (Å²) < 4.78 is 0. The molecule has 0 spiro atoms. The van der Waals surface area contributed by atoms with E-state index < -0.39 is 0 Å². The largest absolute Gasteiger partial charge is 0.300 e. The van der Waals surface area contributed by atoms with Gasteiger partial charge in [-0.05, 0) is 29.5 Å². The Hall–Kier alpha value is -1.26. The van der Waals surface area contributed by atoms with Crippen LogP contribution in [0.5, 0.6) is 0 Å². The Morgan fingerprint density at radius 3 is 2.76 bits per heavy atom. The van der Waals surface area contributed by atoms with Crippen molar-refractivity contribution in [2.45, 2.75) is 6.92 Å². The third-order valence-corrected chi connectivity index (χ3v) is 3.14. The SMILES string of the molecule is CCSC1=N/C(=C/c2ccc(Cl)cc2)C(=O)N1. The predicted octanol–water partition coefficient (Wildman–Crippen LogP) is 2.92. The van der Waals surface area contributed by atoms with Gasteiger partial charge in [0, 0.05) is 5.02 Å². The van der Waals surface area contributed by atoms with E-state index in [0.717, 1.165) is 11.3 Å². The number of rotatable bonds is 2. The zero-order chi connectivity index (χ0) is 12.3.